The number of hydrogen-bond acceptors (Lipinski definition) is 3. The average Bonchev–Trinajstić information content (AvgIpc) is 3.13. The Morgan fingerprint density at radius 3 is 2.66 bits per heavy atom. The number of nitrogens with one attached hydrogen (secondary N) is 2. The Kier molecular flexibility index (Phi) is 4.88. The van der Waals surface area contributed by atoms with Crippen molar-refractivity contribution >= 4 is 29.1 Å². The molecule has 3 amide bonds. The summed E-state index contributed by atoms with van der Waals surface area (Å²) in [7, 11) is 0. The molecule has 6 nitrogen and oxygen atoms in total. The first-order valence-electron chi connectivity index (χ1n) is 9.43. The second-order valence-electron chi connectivity index (χ2n) is 7.24. The molecule has 1 unspecified atom stereocenters. The number of halogens is 1. The van der Waals surface area contributed by atoms with E-state index in [0.717, 1.165) is 23.7 Å². The normalized spacial score (nSPS) is 20.6. The second-order valence-corrected chi connectivity index (χ2v) is 7.24. The number of benzene rings is 2. The zero-order valence-corrected chi connectivity index (χ0v) is 15.7. The lowest BCUT2D eigenvalue weighted by Crippen LogP contribution is -2.58. The highest BCUT2D eigenvalue weighted by Crippen LogP contribution is 2.39. The summed E-state index contributed by atoms with van der Waals surface area (Å²) < 4.78 is 12.9. The molecule has 2 aliphatic rings. The first kappa shape index (κ1) is 18.9. The van der Waals surface area contributed by atoms with Gasteiger partial charge < -0.3 is 15.5 Å². The molecule has 2 aromatic carbocycles. The summed E-state index contributed by atoms with van der Waals surface area (Å²) >= 11 is 0. The highest BCUT2D eigenvalue weighted by atomic mass is 19.1. The predicted octanol–water partition coefficient (Wildman–Crippen LogP) is 2.88. The van der Waals surface area contributed by atoms with Crippen LogP contribution in [0.25, 0.3) is 0 Å². The number of carbonyl (C=O) groups excluding carboxylic acids is 3. The van der Waals surface area contributed by atoms with Crippen LogP contribution < -0.4 is 10.6 Å². The zero-order chi connectivity index (χ0) is 20.4. The summed E-state index contributed by atoms with van der Waals surface area (Å²) in [5.74, 6) is -1.48. The lowest BCUT2D eigenvalue weighted by molar-refractivity contribution is -0.139. The van der Waals surface area contributed by atoms with Crippen LogP contribution in [-0.4, -0.2) is 34.7 Å². The van der Waals surface area contributed by atoms with Gasteiger partial charge >= 0.3 is 0 Å². The van der Waals surface area contributed by atoms with Crippen molar-refractivity contribution in [3.63, 3.8) is 0 Å². The molecule has 1 saturated heterocycles. The molecule has 2 heterocycles. The van der Waals surface area contributed by atoms with Gasteiger partial charge in [0.1, 0.15) is 11.4 Å². The summed E-state index contributed by atoms with van der Waals surface area (Å²) in [4.78, 5) is 39.3. The molecule has 1 spiro atoms. The van der Waals surface area contributed by atoms with Gasteiger partial charge in [0, 0.05) is 36.5 Å². The van der Waals surface area contributed by atoms with Crippen LogP contribution in [0, 0.1) is 5.82 Å². The van der Waals surface area contributed by atoms with E-state index in [1.54, 1.807) is 4.90 Å². The molecule has 0 aliphatic carbocycles. The maximum atomic E-state index is 12.9. The van der Waals surface area contributed by atoms with Crippen molar-refractivity contribution in [1.29, 1.82) is 0 Å². The van der Waals surface area contributed by atoms with Crippen LogP contribution in [0.1, 0.15) is 18.4 Å². The molecule has 4 rings (SSSR count). The molecule has 29 heavy (non-hydrogen) atoms. The average molecular weight is 393 g/mol. The van der Waals surface area contributed by atoms with Gasteiger partial charge in [-0.25, -0.2) is 4.39 Å². The minimum absolute atomic E-state index is 0.189. The summed E-state index contributed by atoms with van der Waals surface area (Å²) in [6.45, 7) is 0.457. The standard InChI is InChI=1S/C22H20FN3O3/c23-16-6-8-17(9-7-16)24-19(27)10-11-20(28)26-13-3-12-22(26)14-15-4-1-2-5-18(15)25-21(22)29/h1-2,4-11H,3,12-14H2,(H,24,27)(H,25,29)/b11-10+. The summed E-state index contributed by atoms with van der Waals surface area (Å²) in [5, 5.41) is 5.48. The molecule has 0 saturated carbocycles. The van der Waals surface area contributed by atoms with Crippen molar-refractivity contribution in [1.82, 2.24) is 4.90 Å². The topological polar surface area (TPSA) is 78.5 Å². The van der Waals surface area contributed by atoms with Crippen molar-refractivity contribution in [2.45, 2.75) is 24.8 Å². The van der Waals surface area contributed by atoms with Crippen LogP contribution in [0.4, 0.5) is 15.8 Å². The number of likely N-dealkylation sites (tertiary alicyclic amines) is 1. The quantitative estimate of drug-likeness (QED) is 0.787. The number of carbonyl (C=O) groups is 3. The van der Waals surface area contributed by atoms with Crippen LogP contribution in [-0.2, 0) is 20.8 Å². The van der Waals surface area contributed by atoms with Crippen LogP contribution >= 0.6 is 0 Å². The fraction of sp³-hybridized carbons (Fsp3) is 0.227. The van der Waals surface area contributed by atoms with E-state index >= 15 is 0 Å². The Labute approximate surface area is 167 Å². The number of para-hydroxylation sites is 1. The molecule has 2 aromatic rings. The second kappa shape index (κ2) is 7.50. The van der Waals surface area contributed by atoms with E-state index in [9.17, 15) is 18.8 Å². The number of fused-ring (bicyclic) bond motifs is 1. The van der Waals surface area contributed by atoms with Crippen LogP contribution in [0.5, 0.6) is 0 Å². The SMILES string of the molecule is O=C(/C=C/C(=O)N1CCCC12Cc1ccccc1NC2=O)Nc1ccc(F)cc1. The van der Waals surface area contributed by atoms with Crippen molar-refractivity contribution in [2.75, 3.05) is 17.2 Å². The molecule has 0 aromatic heterocycles. The van der Waals surface area contributed by atoms with Gasteiger partial charge in [0.2, 0.25) is 11.8 Å². The molecular formula is C22H20FN3O3. The lowest BCUT2D eigenvalue weighted by Gasteiger charge is -2.40. The highest BCUT2D eigenvalue weighted by molar-refractivity contribution is 6.07. The Balaban J connectivity index is 1.48. The Hall–Kier alpha value is -3.48. The van der Waals surface area contributed by atoms with E-state index in [0.29, 0.717) is 25.1 Å². The van der Waals surface area contributed by atoms with E-state index in [1.807, 2.05) is 24.3 Å². The van der Waals surface area contributed by atoms with Crippen molar-refractivity contribution in [2.24, 2.45) is 0 Å². The molecule has 148 valence electrons. The number of anilines is 2. The number of hydrogen-bond donors (Lipinski definition) is 2. The van der Waals surface area contributed by atoms with Gasteiger partial charge in [0.15, 0.2) is 0 Å². The zero-order valence-electron chi connectivity index (χ0n) is 15.7. The number of rotatable bonds is 3. The Morgan fingerprint density at radius 2 is 1.86 bits per heavy atom. The molecule has 0 radical (unpaired) electrons. The van der Waals surface area contributed by atoms with Gasteiger partial charge in [-0.05, 0) is 48.7 Å². The third kappa shape index (κ3) is 3.63. The van der Waals surface area contributed by atoms with Gasteiger partial charge in [-0.2, -0.15) is 0 Å². The van der Waals surface area contributed by atoms with Crippen molar-refractivity contribution in [3.05, 3.63) is 72.1 Å². The van der Waals surface area contributed by atoms with Gasteiger partial charge in [0.25, 0.3) is 5.91 Å². The van der Waals surface area contributed by atoms with Gasteiger partial charge in [-0.15, -0.1) is 0 Å². The Morgan fingerprint density at radius 1 is 1.10 bits per heavy atom. The molecule has 0 bridgehead atoms. The van der Waals surface area contributed by atoms with Gasteiger partial charge in [0.05, 0.1) is 0 Å². The highest BCUT2D eigenvalue weighted by Gasteiger charge is 2.51. The minimum atomic E-state index is -0.927. The van der Waals surface area contributed by atoms with E-state index in [4.69, 9.17) is 0 Å². The lowest BCUT2D eigenvalue weighted by atomic mass is 9.83. The largest absolute Gasteiger partial charge is 0.324 e. The van der Waals surface area contributed by atoms with E-state index in [2.05, 4.69) is 10.6 Å². The van der Waals surface area contributed by atoms with E-state index in [-0.39, 0.29) is 11.8 Å². The number of amides is 3. The molecule has 1 fully saturated rings. The monoisotopic (exact) mass is 393 g/mol. The fourth-order valence-corrected chi connectivity index (χ4v) is 4.00. The first-order chi connectivity index (χ1) is 14.0. The fourth-order valence-electron chi connectivity index (χ4n) is 4.00. The van der Waals surface area contributed by atoms with Gasteiger partial charge in [-0.3, -0.25) is 14.4 Å². The Bertz CT molecular complexity index is 1000. The molecule has 1 atom stereocenters. The van der Waals surface area contributed by atoms with Crippen molar-refractivity contribution in [3.8, 4) is 0 Å². The molecular weight excluding hydrogens is 373 g/mol. The van der Waals surface area contributed by atoms with Crippen molar-refractivity contribution < 1.29 is 18.8 Å². The molecule has 2 N–H and O–H groups in total. The maximum Gasteiger partial charge on any atom is 0.250 e. The van der Waals surface area contributed by atoms with E-state index < -0.39 is 17.3 Å². The molecule has 7 heteroatoms. The van der Waals surface area contributed by atoms with Gasteiger partial charge in [-0.1, -0.05) is 18.2 Å². The van der Waals surface area contributed by atoms with Crippen LogP contribution in [0.15, 0.2) is 60.7 Å². The van der Waals surface area contributed by atoms with E-state index in [1.165, 1.54) is 30.3 Å². The summed E-state index contributed by atoms with van der Waals surface area (Å²) in [6.07, 6.45) is 4.06. The summed E-state index contributed by atoms with van der Waals surface area (Å²) in [6, 6.07) is 12.9. The maximum absolute atomic E-state index is 12.9. The van der Waals surface area contributed by atoms with Crippen LogP contribution in [0.2, 0.25) is 0 Å². The third-order valence-electron chi connectivity index (χ3n) is 5.41. The predicted molar refractivity (Wildman–Crippen MR) is 107 cm³/mol. The smallest absolute Gasteiger partial charge is 0.250 e. The van der Waals surface area contributed by atoms with Crippen LogP contribution in [0.3, 0.4) is 0 Å². The third-order valence-corrected chi connectivity index (χ3v) is 5.41. The number of nitrogens with zero attached hydrogens (tertiary/aromatic N) is 1. The minimum Gasteiger partial charge on any atom is -0.324 e. The first-order valence-corrected chi connectivity index (χ1v) is 9.43. The molecule has 2 aliphatic heterocycles. The summed E-state index contributed by atoms with van der Waals surface area (Å²) in [5.41, 5.74) is 1.26.